The third-order valence-electron chi connectivity index (χ3n) is 3.50. The summed E-state index contributed by atoms with van der Waals surface area (Å²) in [6, 6.07) is 2.61. The topological polar surface area (TPSA) is 47.4 Å². The molecule has 1 aromatic rings. The summed E-state index contributed by atoms with van der Waals surface area (Å²) in [5.41, 5.74) is 1.01. The molecule has 0 amide bonds. The van der Waals surface area contributed by atoms with Crippen LogP contribution in [0, 0.1) is 0 Å². The monoisotopic (exact) mass is 265 g/mol. The molecule has 0 N–H and O–H groups in total. The number of carbonyl (C=O) groups excluding carboxylic acids is 1. The standard InChI is InChI=1S/C14H23N3O2/c1-3-19-14(18)11-16(2)10-12-8-9-17(15-12)13-6-4-5-7-13/h8-9,13H,3-7,10-11H2,1-2H3. The first kappa shape index (κ1) is 14.1. The fraction of sp³-hybridized carbons (Fsp3) is 0.714. The van der Waals surface area contributed by atoms with Gasteiger partial charge in [-0.2, -0.15) is 5.10 Å². The van der Waals surface area contributed by atoms with Crippen molar-refractivity contribution >= 4 is 5.97 Å². The molecule has 1 aliphatic rings. The Bertz CT molecular complexity index is 411. The van der Waals surface area contributed by atoms with E-state index in [4.69, 9.17) is 4.74 Å². The van der Waals surface area contributed by atoms with E-state index in [9.17, 15) is 4.79 Å². The number of nitrogens with zero attached hydrogens (tertiary/aromatic N) is 3. The molecule has 1 aliphatic carbocycles. The smallest absolute Gasteiger partial charge is 0.320 e. The number of rotatable bonds is 6. The van der Waals surface area contributed by atoms with Crippen molar-refractivity contribution in [3.05, 3.63) is 18.0 Å². The van der Waals surface area contributed by atoms with Gasteiger partial charge < -0.3 is 4.74 Å². The molecule has 0 bridgehead atoms. The molecule has 5 heteroatoms. The van der Waals surface area contributed by atoms with Crippen LogP contribution in [0.1, 0.15) is 44.3 Å². The quantitative estimate of drug-likeness (QED) is 0.738. The lowest BCUT2D eigenvalue weighted by atomic mass is 10.3. The minimum atomic E-state index is -0.180. The molecule has 1 aromatic heterocycles. The maximum Gasteiger partial charge on any atom is 0.320 e. The maximum absolute atomic E-state index is 11.4. The van der Waals surface area contributed by atoms with Gasteiger partial charge in [-0.05, 0) is 32.9 Å². The third kappa shape index (κ3) is 4.06. The Morgan fingerprint density at radius 2 is 2.26 bits per heavy atom. The number of hydrogen-bond acceptors (Lipinski definition) is 4. The highest BCUT2D eigenvalue weighted by molar-refractivity contribution is 5.71. The SMILES string of the molecule is CCOC(=O)CN(C)Cc1ccn(C2CCCC2)n1. The van der Waals surface area contributed by atoms with Gasteiger partial charge in [-0.25, -0.2) is 0 Å². The maximum atomic E-state index is 11.4. The molecule has 1 fully saturated rings. The van der Waals surface area contributed by atoms with Crippen molar-refractivity contribution in [2.45, 2.75) is 45.2 Å². The average molecular weight is 265 g/mol. The van der Waals surface area contributed by atoms with E-state index >= 15 is 0 Å². The second-order valence-electron chi connectivity index (χ2n) is 5.20. The van der Waals surface area contributed by atoms with E-state index in [0.29, 0.717) is 25.7 Å². The first-order valence-corrected chi connectivity index (χ1v) is 7.07. The van der Waals surface area contributed by atoms with Crippen LogP contribution < -0.4 is 0 Å². The number of ether oxygens (including phenoxy) is 1. The number of hydrogen-bond donors (Lipinski definition) is 0. The van der Waals surface area contributed by atoms with E-state index < -0.39 is 0 Å². The summed E-state index contributed by atoms with van der Waals surface area (Å²) in [5.74, 6) is -0.180. The summed E-state index contributed by atoms with van der Waals surface area (Å²) >= 11 is 0. The fourth-order valence-corrected chi connectivity index (χ4v) is 2.59. The third-order valence-corrected chi connectivity index (χ3v) is 3.50. The highest BCUT2D eigenvalue weighted by Gasteiger charge is 2.18. The van der Waals surface area contributed by atoms with E-state index in [1.807, 2.05) is 24.9 Å². The number of carbonyl (C=O) groups is 1. The van der Waals surface area contributed by atoms with Crippen LogP contribution in [0.15, 0.2) is 12.3 Å². The molecule has 1 heterocycles. The van der Waals surface area contributed by atoms with Gasteiger partial charge >= 0.3 is 5.97 Å². The second-order valence-corrected chi connectivity index (χ2v) is 5.20. The Morgan fingerprint density at radius 1 is 1.53 bits per heavy atom. The van der Waals surface area contributed by atoms with Gasteiger partial charge in [-0.15, -0.1) is 0 Å². The first-order valence-electron chi connectivity index (χ1n) is 7.07. The molecular formula is C14H23N3O2. The second kappa shape index (κ2) is 6.70. The molecule has 5 nitrogen and oxygen atoms in total. The largest absolute Gasteiger partial charge is 0.465 e. The van der Waals surface area contributed by atoms with Crippen LogP contribution in [0.25, 0.3) is 0 Å². The fourth-order valence-electron chi connectivity index (χ4n) is 2.59. The van der Waals surface area contributed by atoms with Gasteiger partial charge in [0.25, 0.3) is 0 Å². The van der Waals surface area contributed by atoms with E-state index in [1.165, 1.54) is 25.7 Å². The Kier molecular flexibility index (Phi) is 4.96. The van der Waals surface area contributed by atoms with Crippen LogP contribution in [0.4, 0.5) is 0 Å². The van der Waals surface area contributed by atoms with Crippen molar-refractivity contribution in [3.63, 3.8) is 0 Å². The Morgan fingerprint density at radius 3 is 2.95 bits per heavy atom. The molecule has 0 aromatic carbocycles. The lowest BCUT2D eigenvalue weighted by Gasteiger charge is -2.14. The lowest BCUT2D eigenvalue weighted by molar-refractivity contribution is -0.144. The Balaban J connectivity index is 1.83. The normalized spacial score (nSPS) is 16.2. The Labute approximate surface area is 114 Å². The van der Waals surface area contributed by atoms with Crippen LogP contribution in [0.3, 0.4) is 0 Å². The van der Waals surface area contributed by atoms with Crippen LogP contribution in [0.5, 0.6) is 0 Å². The van der Waals surface area contributed by atoms with Gasteiger partial charge in [0.15, 0.2) is 0 Å². The summed E-state index contributed by atoms with van der Waals surface area (Å²) in [5, 5.41) is 4.61. The van der Waals surface area contributed by atoms with Crippen LogP contribution in [-0.2, 0) is 16.1 Å². The minimum Gasteiger partial charge on any atom is -0.465 e. The van der Waals surface area contributed by atoms with Crippen LogP contribution in [0.2, 0.25) is 0 Å². The average Bonchev–Trinajstić information content (AvgIpc) is 2.98. The van der Waals surface area contributed by atoms with Crippen LogP contribution in [-0.4, -0.2) is 40.8 Å². The molecule has 0 saturated heterocycles. The summed E-state index contributed by atoms with van der Waals surface area (Å²) in [6.07, 6.45) is 7.15. The zero-order valence-corrected chi connectivity index (χ0v) is 11.8. The van der Waals surface area contributed by atoms with Gasteiger partial charge in [-0.1, -0.05) is 12.8 Å². The van der Waals surface area contributed by atoms with Crippen LogP contribution >= 0.6 is 0 Å². The van der Waals surface area contributed by atoms with Gasteiger partial charge in [0.1, 0.15) is 0 Å². The molecule has 19 heavy (non-hydrogen) atoms. The number of esters is 1. The van der Waals surface area contributed by atoms with Gasteiger partial charge in [0.05, 0.1) is 24.9 Å². The van der Waals surface area contributed by atoms with Crippen molar-refractivity contribution in [2.75, 3.05) is 20.2 Å². The molecule has 106 valence electrons. The summed E-state index contributed by atoms with van der Waals surface area (Å²) in [7, 11) is 1.91. The molecule has 0 aliphatic heterocycles. The van der Waals surface area contributed by atoms with E-state index in [0.717, 1.165) is 5.69 Å². The van der Waals surface area contributed by atoms with E-state index in [2.05, 4.69) is 16.0 Å². The van der Waals surface area contributed by atoms with Gasteiger partial charge in [0.2, 0.25) is 0 Å². The minimum absolute atomic E-state index is 0.180. The first-order chi connectivity index (χ1) is 9.19. The van der Waals surface area contributed by atoms with Crippen molar-refractivity contribution < 1.29 is 9.53 Å². The van der Waals surface area contributed by atoms with Crippen molar-refractivity contribution in [1.82, 2.24) is 14.7 Å². The summed E-state index contributed by atoms with van der Waals surface area (Å²) in [6.45, 7) is 3.24. The summed E-state index contributed by atoms with van der Waals surface area (Å²) in [4.78, 5) is 13.3. The van der Waals surface area contributed by atoms with Gasteiger partial charge in [-0.3, -0.25) is 14.4 Å². The molecule has 2 rings (SSSR count). The number of likely N-dealkylation sites (N-methyl/N-ethyl adjacent to an activating group) is 1. The van der Waals surface area contributed by atoms with Crippen molar-refractivity contribution in [2.24, 2.45) is 0 Å². The predicted octanol–water partition coefficient (Wildman–Crippen LogP) is 1.99. The Hall–Kier alpha value is -1.36. The highest BCUT2D eigenvalue weighted by Crippen LogP contribution is 2.28. The lowest BCUT2D eigenvalue weighted by Crippen LogP contribution is -2.27. The van der Waals surface area contributed by atoms with Crippen molar-refractivity contribution in [3.8, 4) is 0 Å². The molecule has 0 atom stereocenters. The molecule has 0 unspecified atom stereocenters. The molecule has 0 radical (unpaired) electrons. The molecular weight excluding hydrogens is 242 g/mol. The zero-order chi connectivity index (χ0) is 13.7. The highest BCUT2D eigenvalue weighted by atomic mass is 16.5. The zero-order valence-electron chi connectivity index (χ0n) is 11.8. The predicted molar refractivity (Wildman–Crippen MR) is 72.7 cm³/mol. The van der Waals surface area contributed by atoms with Crippen molar-refractivity contribution in [1.29, 1.82) is 0 Å². The molecule has 0 spiro atoms. The summed E-state index contributed by atoms with van der Waals surface area (Å²) < 4.78 is 7.01. The van der Waals surface area contributed by atoms with E-state index in [1.54, 1.807) is 0 Å². The molecule has 1 saturated carbocycles. The number of aromatic nitrogens is 2. The van der Waals surface area contributed by atoms with Gasteiger partial charge in [0, 0.05) is 12.7 Å². The van der Waals surface area contributed by atoms with E-state index in [-0.39, 0.29) is 5.97 Å².